The van der Waals surface area contributed by atoms with Crippen LogP contribution in [0.2, 0.25) is 0 Å². The molecule has 1 aromatic carbocycles. The molecule has 146 valence electrons. The Morgan fingerprint density at radius 2 is 1.86 bits per heavy atom. The Balaban J connectivity index is 1.43. The Morgan fingerprint density at radius 1 is 1.11 bits per heavy atom. The van der Waals surface area contributed by atoms with Crippen LogP contribution in [0.3, 0.4) is 0 Å². The van der Waals surface area contributed by atoms with Gasteiger partial charge in [0.15, 0.2) is 10.9 Å². The van der Waals surface area contributed by atoms with Gasteiger partial charge >= 0.3 is 0 Å². The molecule has 3 aromatic rings. The lowest BCUT2D eigenvalue weighted by Crippen LogP contribution is -2.38. The minimum atomic E-state index is -3.44. The molecule has 1 aliphatic rings. The van der Waals surface area contributed by atoms with Gasteiger partial charge in [-0.1, -0.05) is 18.2 Å². The predicted octanol–water partition coefficient (Wildman–Crippen LogP) is 3.55. The summed E-state index contributed by atoms with van der Waals surface area (Å²) in [6.45, 7) is 2.90. The van der Waals surface area contributed by atoms with Gasteiger partial charge in [0.2, 0.25) is 10.0 Å². The molecule has 0 radical (unpaired) electrons. The molecule has 4 rings (SSSR count). The van der Waals surface area contributed by atoms with E-state index in [0.29, 0.717) is 23.8 Å². The van der Waals surface area contributed by atoms with Crippen molar-refractivity contribution in [2.24, 2.45) is 0 Å². The molecule has 0 aliphatic carbocycles. The molecule has 1 fully saturated rings. The molecule has 28 heavy (non-hydrogen) atoms. The summed E-state index contributed by atoms with van der Waals surface area (Å²) in [7, 11) is -3.44. The fraction of sp³-hybridized carbons (Fsp3) is 0.316. The molecule has 1 N–H and O–H groups in total. The van der Waals surface area contributed by atoms with Crippen LogP contribution in [-0.2, 0) is 10.0 Å². The van der Waals surface area contributed by atoms with Gasteiger partial charge in [0.25, 0.3) is 0 Å². The third-order valence-corrected chi connectivity index (χ3v) is 7.55. The minimum Gasteiger partial charge on any atom is -0.315 e. The fourth-order valence-corrected chi connectivity index (χ4v) is 5.48. The van der Waals surface area contributed by atoms with Crippen molar-refractivity contribution in [3.05, 3.63) is 59.5 Å². The van der Waals surface area contributed by atoms with Crippen molar-refractivity contribution in [3.63, 3.8) is 0 Å². The van der Waals surface area contributed by atoms with Crippen molar-refractivity contribution in [1.82, 2.24) is 19.3 Å². The monoisotopic (exact) mass is 415 g/mol. The van der Waals surface area contributed by atoms with Gasteiger partial charge < -0.3 is 5.32 Å². The molecular weight excluding hydrogens is 394 g/mol. The number of nitrogens with one attached hydrogen (secondary N) is 1. The smallest absolute Gasteiger partial charge is 0.243 e. The zero-order chi connectivity index (χ0) is 19.6. The van der Waals surface area contributed by atoms with Crippen molar-refractivity contribution >= 4 is 32.3 Å². The van der Waals surface area contributed by atoms with Gasteiger partial charge in [-0.05, 0) is 31.9 Å². The zero-order valence-corrected chi connectivity index (χ0v) is 17.1. The molecule has 2 aromatic heterocycles. The second-order valence-corrected chi connectivity index (χ2v) is 9.54. The Morgan fingerprint density at radius 3 is 2.54 bits per heavy atom. The molecule has 0 amide bonds. The maximum Gasteiger partial charge on any atom is 0.243 e. The molecule has 0 unspecified atom stereocenters. The number of piperidine rings is 1. The van der Waals surface area contributed by atoms with E-state index in [0.717, 1.165) is 29.4 Å². The number of aryl methyl sites for hydroxylation is 1. The molecule has 7 nitrogen and oxygen atoms in total. The molecule has 0 bridgehead atoms. The summed E-state index contributed by atoms with van der Waals surface area (Å²) in [5.74, 6) is 0.848. The Labute approximate surface area is 168 Å². The number of thiazole rings is 1. The van der Waals surface area contributed by atoms with Crippen molar-refractivity contribution in [2.75, 3.05) is 18.4 Å². The highest BCUT2D eigenvalue weighted by molar-refractivity contribution is 7.89. The van der Waals surface area contributed by atoms with E-state index in [1.54, 1.807) is 41.0 Å². The maximum atomic E-state index is 12.8. The third kappa shape index (κ3) is 4.06. The summed E-state index contributed by atoms with van der Waals surface area (Å²) < 4.78 is 27.1. The number of hydrogen-bond donors (Lipinski definition) is 1. The number of rotatable bonds is 5. The molecular formula is C19H21N5O2S2. The lowest BCUT2D eigenvalue weighted by molar-refractivity contribution is 0.316. The second kappa shape index (κ2) is 7.94. The second-order valence-electron chi connectivity index (χ2n) is 6.74. The van der Waals surface area contributed by atoms with Crippen LogP contribution in [0.25, 0.3) is 0 Å². The zero-order valence-electron chi connectivity index (χ0n) is 15.4. The summed E-state index contributed by atoms with van der Waals surface area (Å²) in [5.41, 5.74) is 1.85. The number of anilines is 2. The maximum absolute atomic E-state index is 12.8. The molecule has 0 spiro atoms. The van der Waals surface area contributed by atoms with E-state index >= 15 is 0 Å². The quantitative estimate of drug-likeness (QED) is 0.686. The van der Waals surface area contributed by atoms with E-state index in [9.17, 15) is 8.42 Å². The van der Waals surface area contributed by atoms with E-state index < -0.39 is 10.0 Å². The standard InChI is InChI=1S/C19H21N5O2S2/c1-14-13-27-19(21-14)23-18-12-20-11-17(22-18)15-7-9-24(10-8-15)28(25,26)16-5-3-2-4-6-16/h2-6,11-13,15H,7-10H2,1H3,(H,21,22,23). The topological polar surface area (TPSA) is 88.1 Å². The van der Waals surface area contributed by atoms with E-state index in [1.807, 2.05) is 18.4 Å². The van der Waals surface area contributed by atoms with Crippen LogP contribution in [0.4, 0.5) is 10.9 Å². The van der Waals surface area contributed by atoms with E-state index in [2.05, 4.69) is 20.3 Å². The van der Waals surface area contributed by atoms with Gasteiger partial charge in [0.1, 0.15) is 0 Å². The minimum absolute atomic E-state index is 0.189. The van der Waals surface area contributed by atoms with Gasteiger partial charge in [-0.25, -0.2) is 18.4 Å². The van der Waals surface area contributed by atoms with Crippen molar-refractivity contribution in [3.8, 4) is 0 Å². The normalized spacial score (nSPS) is 16.2. The summed E-state index contributed by atoms with van der Waals surface area (Å²) >= 11 is 1.52. The summed E-state index contributed by atoms with van der Waals surface area (Å²) in [4.78, 5) is 13.7. The molecule has 0 atom stereocenters. The number of sulfonamides is 1. The average molecular weight is 416 g/mol. The average Bonchev–Trinajstić information content (AvgIpc) is 3.13. The number of aromatic nitrogens is 3. The number of benzene rings is 1. The largest absolute Gasteiger partial charge is 0.315 e. The lowest BCUT2D eigenvalue weighted by atomic mass is 9.95. The highest BCUT2D eigenvalue weighted by Crippen LogP contribution is 2.30. The first-order valence-electron chi connectivity index (χ1n) is 9.09. The van der Waals surface area contributed by atoms with Gasteiger partial charge in [-0.15, -0.1) is 11.3 Å². The van der Waals surface area contributed by atoms with Gasteiger partial charge in [-0.3, -0.25) is 4.98 Å². The highest BCUT2D eigenvalue weighted by atomic mass is 32.2. The summed E-state index contributed by atoms with van der Waals surface area (Å²) in [6, 6.07) is 8.60. The SMILES string of the molecule is Cc1csc(Nc2cncc(C3CCN(S(=O)(=O)c4ccccc4)CC3)n2)n1. The molecule has 1 aliphatic heterocycles. The summed E-state index contributed by atoms with van der Waals surface area (Å²) in [5, 5.41) is 5.95. The first-order chi connectivity index (χ1) is 13.5. The third-order valence-electron chi connectivity index (χ3n) is 4.76. The Kier molecular flexibility index (Phi) is 5.38. The van der Waals surface area contributed by atoms with E-state index in [-0.39, 0.29) is 5.92 Å². The Bertz CT molecular complexity index is 1040. The molecule has 9 heteroatoms. The van der Waals surface area contributed by atoms with Crippen LogP contribution in [0.5, 0.6) is 0 Å². The summed E-state index contributed by atoms with van der Waals surface area (Å²) in [6.07, 6.45) is 4.89. The van der Waals surface area contributed by atoms with Gasteiger partial charge in [0.05, 0.1) is 22.5 Å². The molecule has 0 saturated carbocycles. The fourth-order valence-electron chi connectivity index (χ4n) is 3.29. The van der Waals surface area contributed by atoms with Gasteiger partial charge in [0, 0.05) is 30.6 Å². The van der Waals surface area contributed by atoms with Crippen molar-refractivity contribution < 1.29 is 8.42 Å². The predicted molar refractivity (Wildman–Crippen MR) is 109 cm³/mol. The van der Waals surface area contributed by atoms with E-state index in [1.165, 1.54) is 11.3 Å². The van der Waals surface area contributed by atoms with Crippen LogP contribution >= 0.6 is 11.3 Å². The first kappa shape index (κ1) is 19.0. The number of nitrogens with zero attached hydrogens (tertiary/aromatic N) is 4. The van der Waals surface area contributed by atoms with Crippen LogP contribution in [0, 0.1) is 6.92 Å². The van der Waals surface area contributed by atoms with E-state index in [4.69, 9.17) is 0 Å². The first-order valence-corrected chi connectivity index (χ1v) is 11.4. The van der Waals surface area contributed by atoms with Crippen LogP contribution in [-0.4, -0.2) is 40.8 Å². The molecule has 1 saturated heterocycles. The van der Waals surface area contributed by atoms with Crippen LogP contribution in [0.15, 0.2) is 53.0 Å². The van der Waals surface area contributed by atoms with Crippen LogP contribution < -0.4 is 5.32 Å². The number of hydrogen-bond acceptors (Lipinski definition) is 7. The van der Waals surface area contributed by atoms with Crippen molar-refractivity contribution in [2.45, 2.75) is 30.6 Å². The Hall–Kier alpha value is -2.36. The van der Waals surface area contributed by atoms with Crippen LogP contribution in [0.1, 0.15) is 30.1 Å². The molecule has 3 heterocycles. The van der Waals surface area contributed by atoms with Gasteiger partial charge in [-0.2, -0.15) is 4.31 Å². The highest BCUT2D eigenvalue weighted by Gasteiger charge is 2.30. The van der Waals surface area contributed by atoms with Crippen molar-refractivity contribution in [1.29, 1.82) is 0 Å². The lowest BCUT2D eigenvalue weighted by Gasteiger charge is -2.30.